The average Bonchev–Trinajstić information content (AvgIpc) is 3.52. The second-order valence-corrected chi connectivity index (χ2v) is 17.5. The van der Waals surface area contributed by atoms with Crippen LogP contribution >= 0.6 is 7.82 Å². The zero-order valence-corrected chi connectivity index (χ0v) is 37.2. The number of hydrogen-bond donors (Lipinski definition) is 2. The lowest BCUT2D eigenvalue weighted by molar-refractivity contribution is -0.870. The van der Waals surface area contributed by atoms with E-state index in [0.29, 0.717) is 43.1 Å². The fourth-order valence-electron chi connectivity index (χ4n) is 5.96. The zero-order chi connectivity index (χ0) is 42.9. The van der Waals surface area contributed by atoms with E-state index in [1.807, 2.05) is 45.4 Å². The minimum absolute atomic E-state index is 0.00751. The number of quaternary nitrogens is 1. The highest BCUT2D eigenvalue weighted by Crippen LogP contribution is 2.43. The number of aliphatic hydroxyl groups is 1. The molecule has 0 spiro atoms. The maximum atomic E-state index is 12.7. The largest absolute Gasteiger partial charge is 0.472 e. The van der Waals surface area contributed by atoms with Gasteiger partial charge in [0.15, 0.2) is 11.9 Å². The maximum absolute atomic E-state index is 12.7. The summed E-state index contributed by atoms with van der Waals surface area (Å²) in [6, 6.07) is 0. The second kappa shape index (κ2) is 32.9. The molecule has 330 valence electrons. The van der Waals surface area contributed by atoms with Crippen LogP contribution < -0.4 is 0 Å². The van der Waals surface area contributed by atoms with Crippen LogP contribution in [-0.4, -0.2) is 91.9 Å². The molecular formula is C46H77NO10P+. The third kappa shape index (κ3) is 30.2. The van der Waals surface area contributed by atoms with Crippen LogP contribution in [0.1, 0.15) is 129 Å². The number of likely N-dealkylation sites (N-methyl/N-ethyl adjacent to an activating group) is 1. The maximum Gasteiger partial charge on any atom is 0.472 e. The Morgan fingerprint density at radius 1 is 0.810 bits per heavy atom. The summed E-state index contributed by atoms with van der Waals surface area (Å²) in [5.41, 5.74) is 0. The van der Waals surface area contributed by atoms with E-state index in [1.54, 1.807) is 12.2 Å². The Morgan fingerprint density at radius 3 is 2.19 bits per heavy atom. The fourth-order valence-corrected chi connectivity index (χ4v) is 6.70. The Hall–Kier alpha value is -2.92. The van der Waals surface area contributed by atoms with Gasteiger partial charge in [0.25, 0.3) is 0 Å². The minimum Gasteiger partial charge on any atom is -0.462 e. The number of ether oxygens (including phenoxy) is 2. The first-order valence-corrected chi connectivity index (χ1v) is 23.2. The van der Waals surface area contributed by atoms with Gasteiger partial charge in [0, 0.05) is 18.8 Å². The number of hydrogen-bond acceptors (Lipinski definition) is 9. The summed E-state index contributed by atoms with van der Waals surface area (Å²) in [5, 5.41) is 10.2. The number of unbranched alkanes of at least 4 members (excludes halogenated alkanes) is 8. The van der Waals surface area contributed by atoms with E-state index in [4.69, 9.17) is 18.5 Å². The number of aliphatic hydroxyl groups excluding tert-OH is 1. The van der Waals surface area contributed by atoms with Crippen molar-refractivity contribution in [3.8, 4) is 0 Å². The lowest BCUT2D eigenvalue weighted by atomic mass is 9.90. The first-order chi connectivity index (χ1) is 27.8. The lowest BCUT2D eigenvalue weighted by Crippen LogP contribution is -2.37. The number of carbonyl (C=O) groups excluding carboxylic acids is 3. The number of nitrogens with zero attached hydrogens (tertiary/aromatic N) is 1. The molecule has 0 radical (unpaired) electrons. The summed E-state index contributed by atoms with van der Waals surface area (Å²) in [6.45, 7) is 3.93. The number of phosphoric ester groups is 1. The molecular weight excluding hydrogens is 757 g/mol. The van der Waals surface area contributed by atoms with Gasteiger partial charge >= 0.3 is 19.8 Å². The quantitative estimate of drug-likeness (QED) is 0.0208. The molecule has 0 saturated carbocycles. The molecule has 0 aromatic carbocycles. The Morgan fingerprint density at radius 2 is 1.47 bits per heavy atom. The number of phosphoric acid groups is 1. The van der Waals surface area contributed by atoms with Gasteiger partial charge in [0.2, 0.25) is 0 Å². The van der Waals surface area contributed by atoms with Gasteiger partial charge in [-0.3, -0.25) is 23.4 Å². The smallest absolute Gasteiger partial charge is 0.462 e. The molecule has 0 heterocycles. The van der Waals surface area contributed by atoms with Gasteiger partial charge in [-0.2, -0.15) is 0 Å². The molecule has 58 heavy (non-hydrogen) atoms. The summed E-state index contributed by atoms with van der Waals surface area (Å²) in [7, 11) is 1.34. The first-order valence-electron chi connectivity index (χ1n) is 21.7. The van der Waals surface area contributed by atoms with Crippen molar-refractivity contribution < 1.29 is 52.0 Å². The minimum atomic E-state index is -4.43. The highest BCUT2D eigenvalue weighted by atomic mass is 31.2. The summed E-state index contributed by atoms with van der Waals surface area (Å²) >= 11 is 0. The summed E-state index contributed by atoms with van der Waals surface area (Å²) in [5.74, 6) is -1.18. The molecule has 5 atom stereocenters. The molecule has 0 aliphatic heterocycles. The van der Waals surface area contributed by atoms with E-state index in [-0.39, 0.29) is 43.7 Å². The third-order valence-electron chi connectivity index (χ3n) is 9.47. The van der Waals surface area contributed by atoms with E-state index >= 15 is 0 Å². The molecule has 1 unspecified atom stereocenters. The van der Waals surface area contributed by atoms with Crippen molar-refractivity contribution in [1.82, 2.24) is 0 Å². The van der Waals surface area contributed by atoms with Crippen LogP contribution in [0.25, 0.3) is 0 Å². The zero-order valence-electron chi connectivity index (χ0n) is 36.3. The molecule has 2 N–H and O–H groups in total. The monoisotopic (exact) mass is 835 g/mol. The van der Waals surface area contributed by atoms with Crippen molar-refractivity contribution in [2.75, 3.05) is 47.5 Å². The molecule has 0 aromatic rings. The van der Waals surface area contributed by atoms with E-state index in [2.05, 4.69) is 50.3 Å². The Labute approximate surface area is 350 Å². The number of carbonyl (C=O) groups is 3. The summed E-state index contributed by atoms with van der Waals surface area (Å²) < 4.78 is 34.2. The van der Waals surface area contributed by atoms with Gasteiger partial charge in [-0.25, -0.2) is 4.57 Å². The van der Waals surface area contributed by atoms with E-state index < -0.39 is 38.6 Å². The van der Waals surface area contributed by atoms with Gasteiger partial charge in [0.1, 0.15) is 19.8 Å². The van der Waals surface area contributed by atoms with Crippen LogP contribution in [-0.2, 0) is 37.5 Å². The van der Waals surface area contributed by atoms with Crippen LogP contribution in [0.5, 0.6) is 0 Å². The van der Waals surface area contributed by atoms with Gasteiger partial charge in [0.05, 0.1) is 33.9 Å². The molecule has 1 aliphatic carbocycles. The number of esters is 2. The molecule has 0 fully saturated rings. The predicted molar refractivity (Wildman–Crippen MR) is 233 cm³/mol. The van der Waals surface area contributed by atoms with Gasteiger partial charge < -0.3 is 24.0 Å². The van der Waals surface area contributed by atoms with Gasteiger partial charge in [-0.15, -0.1) is 0 Å². The topological polar surface area (TPSA) is 146 Å². The predicted octanol–water partition coefficient (Wildman–Crippen LogP) is 9.86. The van der Waals surface area contributed by atoms with E-state index in [9.17, 15) is 28.9 Å². The van der Waals surface area contributed by atoms with Gasteiger partial charge in [-0.1, -0.05) is 119 Å². The molecule has 11 nitrogen and oxygen atoms in total. The second-order valence-electron chi connectivity index (χ2n) is 16.0. The average molecular weight is 835 g/mol. The molecule has 0 bridgehead atoms. The summed E-state index contributed by atoms with van der Waals surface area (Å²) in [6.07, 6.45) is 37.2. The Kier molecular flexibility index (Phi) is 30.1. The molecule has 1 rings (SSSR count). The lowest BCUT2D eigenvalue weighted by Gasteiger charge is -2.24. The van der Waals surface area contributed by atoms with Gasteiger partial charge in [-0.05, 0) is 76.2 Å². The van der Waals surface area contributed by atoms with Crippen LogP contribution in [0, 0.1) is 11.8 Å². The SMILES string of the molecule is CC/C=C\C/C=C\C/C=C\CCCCCCCC(=O)O[C@H](COC(=O)CCC/C=C\C[C@H]1C=CC(=O)[C@@H]1/C=C/[C@@H](O)CCCCC)COP(=O)(O)OCC[N+](C)(C)C. The first kappa shape index (κ1) is 53.1. The van der Waals surface area contributed by atoms with Crippen molar-refractivity contribution in [2.45, 2.75) is 142 Å². The van der Waals surface area contributed by atoms with E-state index in [0.717, 1.165) is 70.6 Å². The van der Waals surface area contributed by atoms with Crippen LogP contribution in [0.4, 0.5) is 0 Å². The number of allylic oxidation sites excluding steroid dienone is 11. The van der Waals surface area contributed by atoms with Crippen molar-refractivity contribution >= 4 is 25.5 Å². The van der Waals surface area contributed by atoms with Crippen LogP contribution in [0.2, 0.25) is 0 Å². The Balaban J connectivity index is 2.49. The fraction of sp³-hybridized carbons (Fsp3) is 0.674. The summed E-state index contributed by atoms with van der Waals surface area (Å²) in [4.78, 5) is 47.9. The van der Waals surface area contributed by atoms with Crippen LogP contribution in [0.15, 0.2) is 72.9 Å². The van der Waals surface area contributed by atoms with Crippen LogP contribution in [0.3, 0.4) is 0 Å². The van der Waals surface area contributed by atoms with Crippen molar-refractivity contribution in [2.24, 2.45) is 11.8 Å². The van der Waals surface area contributed by atoms with Crippen molar-refractivity contribution in [3.63, 3.8) is 0 Å². The molecule has 0 saturated heterocycles. The van der Waals surface area contributed by atoms with E-state index in [1.165, 1.54) is 0 Å². The molecule has 1 aliphatic rings. The standard InChI is InChI=1S/C46H76NO10P/c1-6-8-10-11-12-13-14-15-16-17-18-19-20-21-27-31-46(51)57-42(39-56-58(52,53)55-37-36-47(3,4)5)38-54-45(50)30-26-23-22-25-28-40-32-35-44(49)43(40)34-33-41(48)29-24-9-7-2/h8,10,12-13,15-16,22,25,32-35,40-43,48H,6-7,9,11,14,17-21,23-24,26-31,36-39H2,1-5H3/p+1/b10-8-,13-12-,16-15-,25-22-,34-33+/t40-,41-,42+,43+/m0/s1. The highest BCUT2D eigenvalue weighted by Gasteiger charge is 2.28. The number of ketones is 1. The molecule has 0 amide bonds. The molecule has 0 aromatic heterocycles. The third-order valence-corrected chi connectivity index (χ3v) is 10.5. The molecule has 12 heteroatoms. The highest BCUT2D eigenvalue weighted by molar-refractivity contribution is 7.47. The number of rotatable bonds is 35. The van der Waals surface area contributed by atoms with Crippen molar-refractivity contribution in [1.29, 1.82) is 0 Å². The Bertz CT molecular complexity index is 1360. The van der Waals surface area contributed by atoms with Crippen molar-refractivity contribution in [3.05, 3.63) is 72.9 Å². The normalized spacial score (nSPS) is 18.4.